The molecule has 0 unspecified atom stereocenters. The Hall–Kier alpha value is -4.32. The zero-order valence-electron chi connectivity index (χ0n) is 17.4. The molecule has 0 aliphatic rings. The highest BCUT2D eigenvalue weighted by atomic mass is 19.1. The number of aromatic amines is 2. The fourth-order valence-corrected chi connectivity index (χ4v) is 3.83. The number of rotatable bonds is 5. The number of hydrogen-bond donors (Lipinski definition) is 2. The normalized spacial score (nSPS) is 12.2. The number of hydrogen-bond acceptors (Lipinski definition) is 3. The summed E-state index contributed by atoms with van der Waals surface area (Å²) in [4.78, 5) is 12.5. The van der Waals surface area contributed by atoms with Crippen LogP contribution in [0.25, 0.3) is 50.0 Å². The fourth-order valence-electron chi connectivity index (χ4n) is 3.83. The van der Waals surface area contributed by atoms with E-state index in [2.05, 4.69) is 31.7 Å². The Morgan fingerprint density at radius 1 is 1.03 bits per heavy atom. The van der Waals surface area contributed by atoms with Crippen LogP contribution in [0, 0.1) is 5.82 Å². The smallest absolute Gasteiger partial charge is 0.123 e. The molecule has 4 heterocycles. The highest BCUT2D eigenvalue weighted by molar-refractivity contribution is 6.00. The predicted octanol–water partition coefficient (Wildman–Crippen LogP) is 6.45. The van der Waals surface area contributed by atoms with Gasteiger partial charge < -0.3 is 4.98 Å². The number of nitrogens with one attached hydrogen (secondary N) is 2. The molecule has 0 bridgehead atoms. The highest BCUT2D eigenvalue weighted by Crippen LogP contribution is 2.33. The summed E-state index contributed by atoms with van der Waals surface area (Å²) in [5, 5.41) is 9.45. The molecule has 6 heteroatoms. The number of aromatic nitrogens is 5. The Kier molecular flexibility index (Phi) is 4.95. The average molecular weight is 421 g/mol. The zero-order chi connectivity index (χ0) is 22.1. The Bertz CT molecular complexity index is 1520. The lowest BCUT2D eigenvalue weighted by Gasteiger charge is -2.02. The average Bonchev–Trinajstić information content (AvgIpc) is 3.43. The third-order valence-corrected chi connectivity index (χ3v) is 5.37. The van der Waals surface area contributed by atoms with E-state index in [-0.39, 0.29) is 5.82 Å². The summed E-state index contributed by atoms with van der Waals surface area (Å²) in [6.07, 6.45) is 11.1. The van der Waals surface area contributed by atoms with Gasteiger partial charge in [0.2, 0.25) is 0 Å². The number of halogens is 1. The lowest BCUT2D eigenvalue weighted by molar-refractivity contribution is 0.628. The first-order chi connectivity index (χ1) is 15.7. The topological polar surface area (TPSA) is 70.2 Å². The van der Waals surface area contributed by atoms with Crippen LogP contribution in [-0.2, 0) is 0 Å². The largest absolute Gasteiger partial charge is 0.353 e. The Balaban J connectivity index is 1.65. The molecule has 32 heavy (non-hydrogen) atoms. The minimum absolute atomic E-state index is 0.291. The molecule has 0 spiro atoms. The van der Waals surface area contributed by atoms with Crippen molar-refractivity contribution >= 4 is 27.4 Å². The van der Waals surface area contributed by atoms with Crippen molar-refractivity contribution in [2.24, 2.45) is 0 Å². The fraction of sp³-hybridized carbons (Fsp3) is 0.0385. The van der Waals surface area contributed by atoms with Crippen LogP contribution in [-0.4, -0.2) is 25.1 Å². The van der Waals surface area contributed by atoms with Crippen molar-refractivity contribution in [3.05, 3.63) is 97.3 Å². The molecule has 2 N–H and O–H groups in total. The van der Waals surface area contributed by atoms with Crippen LogP contribution in [0.15, 0.2) is 85.7 Å². The number of pyridine rings is 2. The second kappa shape index (κ2) is 8.07. The zero-order valence-corrected chi connectivity index (χ0v) is 17.4. The van der Waals surface area contributed by atoms with Gasteiger partial charge in [-0.1, -0.05) is 43.0 Å². The van der Waals surface area contributed by atoms with Crippen LogP contribution < -0.4 is 0 Å². The molecule has 0 fully saturated rings. The maximum atomic E-state index is 13.8. The molecular formula is C26H20FN5. The van der Waals surface area contributed by atoms with E-state index < -0.39 is 0 Å². The molecule has 0 aliphatic carbocycles. The van der Waals surface area contributed by atoms with Gasteiger partial charge in [-0.25, -0.2) is 4.39 Å². The van der Waals surface area contributed by atoms with Gasteiger partial charge in [-0.2, -0.15) is 5.10 Å². The molecule has 0 amide bonds. The SMILES string of the molecule is C=C/C=C\C(=C/C)c1cc2c(-c3cc4c(-c5cccc(F)c5)nccc4[nH]3)n[nH]c2cn1. The minimum atomic E-state index is -0.291. The van der Waals surface area contributed by atoms with Gasteiger partial charge >= 0.3 is 0 Å². The van der Waals surface area contributed by atoms with E-state index >= 15 is 0 Å². The number of benzene rings is 1. The molecule has 0 radical (unpaired) electrons. The van der Waals surface area contributed by atoms with Crippen molar-refractivity contribution in [1.82, 2.24) is 25.1 Å². The van der Waals surface area contributed by atoms with Gasteiger partial charge in [0.1, 0.15) is 11.5 Å². The van der Waals surface area contributed by atoms with Crippen LogP contribution in [0.4, 0.5) is 4.39 Å². The standard InChI is InChI=1S/C26H20FN5/c1-3-5-7-16(4-2)22-13-20-24(15-29-22)31-32-26(20)23-14-19-21(30-23)10-11-28-25(19)17-8-6-9-18(27)12-17/h3-15,30H,1H2,2H3,(H,31,32)/b7-5-,16-4+. The van der Waals surface area contributed by atoms with E-state index in [1.807, 2.05) is 49.4 Å². The summed E-state index contributed by atoms with van der Waals surface area (Å²) in [6.45, 7) is 5.71. The molecule has 4 aromatic heterocycles. The monoisotopic (exact) mass is 421 g/mol. The van der Waals surface area contributed by atoms with Gasteiger partial charge in [0, 0.05) is 28.0 Å². The van der Waals surface area contributed by atoms with Crippen molar-refractivity contribution in [3.63, 3.8) is 0 Å². The van der Waals surface area contributed by atoms with Crippen molar-refractivity contribution in [2.75, 3.05) is 0 Å². The molecule has 5 rings (SSSR count). The Labute approximate surface area is 184 Å². The van der Waals surface area contributed by atoms with Crippen molar-refractivity contribution in [2.45, 2.75) is 6.92 Å². The van der Waals surface area contributed by atoms with E-state index in [0.717, 1.165) is 55.7 Å². The van der Waals surface area contributed by atoms with Crippen LogP contribution in [0.1, 0.15) is 12.6 Å². The summed E-state index contributed by atoms with van der Waals surface area (Å²) in [6, 6.07) is 12.4. The van der Waals surface area contributed by atoms with Gasteiger partial charge in [-0.3, -0.25) is 15.1 Å². The predicted molar refractivity (Wildman–Crippen MR) is 127 cm³/mol. The van der Waals surface area contributed by atoms with Gasteiger partial charge in [-0.05, 0) is 42.8 Å². The van der Waals surface area contributed by atoms with Crippen molar-refractivity contribution in [1.29, 1.82) is 0 Å². The molecule has 0 saturated carbocycles. The first kappa shape index (κ1) is 19.6. The highest BCUT2D eigenvalue weighted by Gasteiger charge is 2.15. The maximum Gasteiger partial charge on any atom is 0.123 e. The lowest BCUT2D eigenvalue weighted by Crippen LogP contribution is -1.87. The van der Waals surface area contributed by atoms with E-state index in [1.165, 1.54) is 12.1 Å². The van der Waals surface area contributed by atoms with Crippen LogP contribution in [0.5, 0.6) is 0 Å². The first-order valence-corrected chi connectivity index (χ1v) is 10.2. The summed E-state index contributed by atoms with van der Waals surface area (Å²) < 4.78 is 13.8. The van der Waals surface area contributed by atoms with E-state index in [1.54, 1.807) is 24.5 Å². The molecule has 1 aromatic carbocycles. The van der Waals surface area contributed by atoms with E-state index in [4.69, 9.17) is 0 Å². The number of allylic oxidation sites excluding steroid dienone is 5. The van der Waals surface area contributed by atoms with Crippen LogP contribution >= 0.6 is 0 Å². The molecule has 5 aromatic rings. The molecule has 0 atom stereocenters. The van der Waals surface area contributed by atoms with Crippen molar-refractivity contribution in [3.8, 4) is 22.6 Å². The van der Waals surface area contributed by atoms with Gasteiger partial charge in [0.25, 0.3) is 0 Å². The third kappa shape index (κ3) is 3.41. The molecule has 0 saturated heterocycles. The van der Waals surface area contributed by atoms with E-state index in [0.29, 0.717) is 0 Å². The number of H-pyrrole nitrogens is 2. The van der Waals surface area contributed by atoms with Crippen LogP contribution in [0.2, 0.25) is 0 Å². The summed E-state index contributed by atoms with van der Waals surface area (Å²) in [5.74, 6) is -0.291. The van der Waals surface area contributed by atoms with Gasteiger partial charge in [-0.15, -0.1) is 0 Å². The van der Waals surface area contributed by atoms with Gasteiger partial charge in [0.05, 0.1) is 28.8 Å². The van der Waals surface area contributed by atoms with Gasteiger partial charge in [0.15, 0.2) is 0 Å². The third-order valence-electron chi connectivity index (χ3n) is 5.37. The lowest BCUT2D eigenvalue weighted by atomic mass is 10.1. The summed E-state index contributed by atoms with van der Waals surface area (Å²) in [7, 11) is 0. The van der Waals surface area contributed by atoms with Crippen LogP contribution in [0.3, 0.4) is 0 Å². The summed E-state index contributed by atoms with van der Waals surface area (Å²) in [5.41, 5.74) is 6.67. The maximum absolute atomic E-state index is 13.8. The molecule has 0 aliphatic heterocycles. The van der Waals surface area contributed by atoms with Crippen molar-refractivity contribution < 1.29 is 4.39 Å². The first-order valence-electron chi connectivity index (χ1n) is 10.2. The summed E-state index contributed by atoms with van der Waals surface area (Å²) >= 11 is 0. The Morgan fingerprint density at radius 3 is 2.72 bits per heavy atom. The molecular weight excluding hydrogens is 401 g/mol. The number of fused-ring (bicyclic) bond motifs is 2. The van der Waals surface area contributed by atoms with E-state index in [9.17, 15) is 4.39 Å². The minimum Gasteiger partial charge on any atom is -0.353 e. The molecule has 5 nitrogen and oxygen atoms in total. The second-order valence-electron chi connectivity index (χ2n) is 7.34. The molecule has 156 valence electrons. The quantitative estimate of drug-likeness (QED) is 0.320. The Morgan fingerprint density at radius 2 is 1.91 bits per heavy atom. The second-order valence-corrected chi connectivity index (χ2v) is 7.34. The number of nitrogens with zero attached hydrogens (tertiary/aromatic N) is 3.